The minimum atomic E-state index is 0.0749. The molecule has 1 atom stereocenters. The Morgan fingerprint density at radius 1 is 1.14 bits per heavy atom. The van der Waals surface area contributed by atoms with Gasteiger partial charge in [0.25, 0.3) is 0 Å². The van der Waals surface area contributed by atoms with Gasteiger partial charge in [0.05, 0.1) is 19.6 Å². The fourth-order valence-corrected chi connectivity index (χ4v) is 2.72. The van der Waals surface area contributed by atoms with E-state index in [0.717, 1.165) is 11.3 Å². The molecule has 1 aliphatic rings. The van der Waals surface area contributed by atoms with Gasteiger partial charge in [0, 0.05) is 0 Å². The quantitative estimate of drug-likeness (QED) is 0.885. The van der Waals surface area contributed by atoms with E-state index >= 15 is 0 Å². The van der Waals surface area contributed by atoms with Crippen molar-refractivity contribution in [3.63, 3.8) is 0 Å². The van der Waals surface area contributed by atoms with E-state index in [1.807, 2.05) is 42.5 Å². The van der Waals surface area contributed by atoms with Crippen molar-refractivity contribution >= 4 is 5.91 Å². The normalized spacial score (nSPS) is 15.1. The van der Waals surface area contributed by atoms with Crippen molar-refractivity contribution < 1.29 is 9.53 Å². The van der Waals surface area contributed by atoms with E-state index in [1.165, 1.54) is 18.4 Å². The SMILES string of the molecule is COc1ccc(CC(=O)N[C@@H](c2ccccc2)C2CC2)cc1. The van der Waals surface area contributed by atoms with Crippen LogP contribution < -0.4 is 10.1 Å². The van der Waals surface area contributed by atoms with E-state index in [-0.39, 0.29) is 11.9 Å². The molecule has 1 amide bonds. The summed E-state index contributed by atoms with van der Waals surface area (Å²) in [4.78, 5) is 12.3. The topological polar surface area (TPSA) is 38.3 Å². The monoisotopic (exact) mass is 295 g/mol. The first-order valence-corrected chi connectivity index (χ1v) is 7.73. The summed E-state index contributed by atoms with van der Waals surface area (Å²) in [6.45, 7) is 0. The van der Waals surface area contributed by atoms with Gasteiger partial charge in [0.15, 0.2) is 0 Å². The molecule has 114 valence electrons. The van der Waals surface area contributed by atoms with Gasteiger partial charge in [-0.3, -0.25) is 4.79 Å². The van der Waals surface area contributed by atoms with Crippen LogP contribution in [0.4, 0.5) is 0 Å². The zero-order valence-corrected chi connectivity index (χ0v) is 12.8. The van der Waals surface area contributed by atoms with Gasteiger partial charge in [0.2, 0.25) is 5.91 Å². The molecule has 0 unspecified atom stereocenters. The van der Waals surface area contributed by atoms with Crippen LogP contribution in [0.15, 0.2) is 54.6 Å². The van der Waals surface area contributed by atoms with Crippen LogP contribution in [0.5, 0.6) is 5.75 Å². The molecule has 0 aromatic heterocycles. The zero-order valence-electron chi connectivity index (χ0n) is 12.8. The number of nitrogens with one attached hydrogen (secondary N) is 1. The van der Waals surface area contributed by atoms with Crippen LogP contribution in [0.3, 0.4) is 0 Å². The Balaban J connectivity index is 1.64. The van der Waals surface area contributed by atoms with Crippen molar-refractivity contribution in [3.8, 4) is 5.75 Å². The molecule has 0 bridgehead atoms. The third-order valence-electron chi connectivity index (χ3n) is 4.09. The van der Waals surface area contributed by atoms with Crippen molar-refractivity contribution in [2.45, 2.75) is 25.3 Å². The van der Waals surface area contributed by atoms with Crippen LogP contribution in [0.2, 0.25) is 0 Å². The molecule has 1 aliphatic carbocycles. The molecule has 3 nitrogen and oxygen atoms in total. The Hall–Kier alpha value is -2.29. The summed E-state index contributed by atoms with van der Waals surface area (Å²) in [6, 6.07) is 18.0. The van der Waals surface area contributed by atoms with Crippen molar-refractivity contribution in [1.29, 1.82) is 0 Å². The molecule has 0 radical (unpaired) electrons. The number of carbonyl (C=O) groups excluding carboxylic acids is 1. The molecule has 2 aromatic rings. The van der Waals surface area contributed by atoms with Crippen LogP contribution in [0.25, 0.3) is 0 Å². The maximum absolute atomic E-state index is 12.3. The van der Waals surface area contributed by atoms with E-state index in [1.54, 1.807) is 7.11 Å². The minimum absolute atomic E-state index is 0.0749. The second-order valence-corrected chi connectivity index (χ2v) is 5.82. The maximum atomic E-state index is 12.3. The highest BCUT2D eigenvalue weighted by atomic mass is 16.5. The van der Waals surface area contributed by atoms with E-state index < -0.39 is 0 Å². The average Bonchev–Trinajstić information content (AvgIpc) is 3.39. The number of amides is 1. The number of hydrogen-bond donors (Lipinski definition) is 1. The van der Waals surface area contributed by atoms with E-state index in [4.69, 9.17) is 4.74 Å². The number of ether oxygens (including phenoxy) is 1. The molecule has 3 rings (SSSR count). The summed E-state index contributed by atoms with van der Waals surface area (Å²) < 4.78 is 5.14. The Morgan fingerprint density at radius 3 is 2.41 bits per heavy atom. The lowest BCUT2D eigenvalue weighted by Gasteiger charge is -2.19. The van der Waals surface area contributed by atoms with Gasteiger partial charge in [-0.15, -0.1) is 0 Å². The number of benzene rings is 2. The zero-order chi connectivity index (χ0) is 15.4. The molecular formula is C19H21NO2. The summed E-state index contributed by atoms with van der Waals surface area (Å²) in [5.41, 5.74) is 2.20. The van der Waals surface area contributed by atoms with Crippen molar-refractivity contribution in [3.05, 3.63) is 65.7 Å². The first kappa shape index (κ1) is 14.6. The van der Waals surface area contributed by atoms with Gasteiger partial charge in [-0.05, 0) is 42.0 Å². The van der Waals surface area contributed by atoms with Crippen molar-refractivity contribution in [2.75, 3.05) is 7.11 Å². The lowest BCUT2D eigenvalue weighted by molar-refractivity contribution is -0.121. The molecule has 2 aromatic carbocycles. The van der Waals surface area contributed by atoms with Crippen molar-refractivity contribution in [1.82, 2.24) is 5.32 Å². The second-order valence-electron chi connectivity index (χ2n) is 5.82. The highest BCUT2D eigenvalue weighted by Crippen LogP contribution is 2.40. The molecule has 1 N–H and O–H groups in total. The van der Waals surface area contributed by atoms with Gasteiger partial charge in [-0.2, -0.15) is 0 Å². The Bertz CT molecular complexity index is 618. The highest BCUT2D eigenvalue weighted by Gasteiger charge is 2.33. The Kier molecular flexibility index (Phi) is 4.42. The summed E-state index contributed by atoms with van der Waals surface area (Å²) in [7, 11) is 1.64. The van der Waals surface area contributed by atoms with Gasteiger partial charge in [0.1, 0.15) is 5.75 Å². The number of carbonyl (C=O) groups is 1. The molecule has 0 heterocycles. The standard InChI is InChI=1S/C19H21NO2/c1-22-17-11-7-14(8-12-17)13-18(21)20-19(16-9-10-16)15-5-3-2-4-6-15/h2-8,11-12,16,19H,9-10,13H2,1H3,(H,20,21)/t19-/m0/s1. The molecule has 3 heteroatoms. The number of methoxy groups -OCH3 is 1. The summed E-state index contributed by atoms with van der Waals surface area (Å²) >= 11 is 0. The fraction of sp³-hybridized carbons (Fsp3) is 0.316. The summed E-state index contributed by atoms with van der Waals surface area (Å²) in [6.07, 6.45) is 2.80. The van der Waals surface area contributed by atoms with E-state index in [2.05, 4.69) is 17.4 Å². The third kappa shape index (κ3) is 3.67. The lowest BCUT2D eigenvalue weighted by atomic mass is 10.0. The largest absolute Gasteiger partial charge is 0.497 e. The van der Waals surface area contributed by atoms with Crippen LogP contribution in [0.1, 0.15) is 30.0 Å². The van der Waals surface area contributed by atoms with Crippen LogP contribution in [-0.4, -0.2) is 13.0 Å². The molecule has 22 heavy (non-hydrogen) atoms. The Morgan fingerprint density at radius 2 is 1.82 bits per heavy atom. The number of hydrogen-bond acceptors (Lipinski definition) is 2. The molecular weight excluding hydrogens is 274 g/mol. The summed E-state index contributed by atoms with van der Waals surface area (Å²) in [5.74, 6) is 1.47. The first-order valence-electron chi connectivity index (χ1n) is 7.73. The maximum Gasteiger partial charge on any atom is 0.224 e. The van der Waals surface area contributed by atoms with Crippen molar-refractivity contribution in [2.24, 2.45) is 5.92 Å². The minimum Gasteiger partial charge on any atom is -0.497 e. The number of rotatable bonds is 6. The van der Waals surface area contributed by atoms with Gasteiger partial charge < -0.3 is 10.1 Å². The Labute approximate surface area is 131 Å². The molecule has 0 aliphatic heterocycles. The molecule has 1 saturated carbocycles. The average molecular weight is 295 g/mol. The third-order valence-corrected chi connectivity index (χ3v) is 4.09. The fourth-order valence-electron chi connectivity index (χ4n) is 2.72. The van der Waals surface area contributed by atoms with Gasteiger partial charge in [-0.1, -0.05) is 42.5 Å². The predicted octanol–water partition coefficient (Wildman–Crippen LogP) is 3.51. The first-order chi connectivity index (χ1) is 10.8. The smallest absolute Gasteiger partial charge is 0.224 e. The lowest BCUT2D eigenvalue weighted by Crippen LogP contribution is -2.31. The van der Waals surface area contributed by atoms with Crippen LogP contribution >= 0.6 is 0 Å². The molecule has 0 spiro atoms. The van der Waals surface area contributed by atoms with E-state index in [0.29, 0.717) is 12.3 Å². The van der Waals surface area contributed by atoms with Gasteiger partial charge in [-0.25, -0.2) is 0 Å². The predicted molar refractivity (Wildman–Crippen MR) is 86.7 cm³/mol. The second kappa shape index (κ2) is 6.65. The summed E-state index contributed by atoms with van der Waals surface area (Å²) in [5, 5.41) is 3.20. The molecule has 0 saturated heterocycles. The van der Waals surface area contributed by atoms with Crippen LogP contribution in [-0.2, 0) is 11.2 Å². The highest BCUT2D eigenvalue weighted by molar-refractivity contribution is 5.79. The van der Waals surface area contributed by atoms with Gasteiger partial charge >= 0.3 is 0 Å². The van der Waals surface area contributed by atoms with Crippen LogP contribution in [0, 0.1) is 5.92 Å². The molecule has 1 fully saturated rings. The van der Waals surface area contributed by atoms with E-state index in [9.17, 15) is 4.79 Å².